The molecule has 0 unspecified atom stereocenters. The van der Waals surface area contributed by atoms with Gasteiger partial charge in [-0.25, -0.2) is 8.42 Å². The lowest BCUT2D eigenvalue weighted by molar-refractivity contribution is -0.120. The topological polar surface area (TPSA) is 66.5 Å². The van der Waals surface area contributed by atoms with Gasteiger partial charge in [0.2, 0.25) is 15.9 Å². The Hall–Kier alpha value is -2.48. The van der Waals surface area contributed by atoms with E-state index in [1.165, 1.54) is 12.1 Å². The van der Waals surface area contributed by atoms with Crippen molar-refractivity contribution in [3.8, 4) is 0 Å². The number of anilines is 1. The van der Waals surface area contributed by atoms with Crippen molar-refractivity contribution in [1.82, 2.24) is 4.72 Å². The summed E-state index contributed by atoms with van der Waals surface area (Å²) < 4.78 is 29.1. The van der Waals surface area contributed by atoms with E-state index in [0.29, 0.717) is 13.0 Å². The number of amides is 1. The highest BCUT2D eigenvalue weighted by atomic mass is 79.9. The fourth-order valence-electron chi connectivity index (χ4n) is 3.47. The first-order chi connectivity index (χ1) is 13.9. The van der Waals surface area contributed by atoms with Gasteiger partial charge in [-0.2, -0.15) is 4.72 Å². The molecule has 148 valence electrons. The summed E-state index contributed by atoms with van der Waals surface area (Å²) in [5.74, 6) is -0.261. The Balaban J connectivity index is 1.68. The molecule has 0 fully saturated rings. The maximum atomic E-state index is 13.3. The first kappa shape index (κ1) is 19.8. The molecule has 0 saturated carbocycles. The van der Waals surface area contributed by atoms with Gasteiger partial charge in [0.1, 0.15) is 6.04 Å². The van der Waals surface area contributed by atoms with E-state index in [2.05, 4.69) is 20.7 Å². The molecule has 0 bridgehead atoms. The smallest absolute Gasteiger partial charge is 0.245 e. The second-order valence-corrected chi connectivity index (χ2v) is 9.50. The number of sulfonamides is 1. The molecule has 0 aliphatic carbocycles. The number of carbonyl (C=O) groups is 1. The molecule has 3 aromatic rings. The largest absolute Gasteiger partial charge is 0.306 e. The zero-order chi connectivity index (χ0) is 20.4. The minimum absolute atomic E-state index is 0.141. The molecule has 0 spiro atoms. The Morgan fingerprint density at radius 2 is 1.62 bits per heavy atom. The van der Waals surface area contributed by atoms with Crippen LogP contribution < -0.4 is 9.62 Å². The molecule has 1 amide bonds. The van der Waals surface area contributed by atoms with Gasteiger partial charge in [0.25, 0.3) is 0 Å². The summed E-state index contributed by atoms with van der Waals surface area (Å²) in [6.45, 7) is 0.373. The lowest BCUT2D eigenvalue weighted by Gasteiger charge is -2.34. The average Bonchev–Trinajstić information content (AvgIpc) is 2.72. The highest BCUT2D eigenvalue weighted by Gasteiger charge is 2.35. The molecular formula is C22H19BrN2O3S. The van der Waals surface area contributed by atoms with Crippen LogP contribution in [0.5, 0.6) is 0 Å². The van der Waals surface area contributed by atoms with E-state index < -0.39 is 16.1 Å². The van der Waals surface area contributed by atoms with Gasteiger partial charge in [-0.3, -0.25) is 4.79 Å². The van der Waals surface area contributed by atoms with Gasteiger partial charge in [-0.1, -0.05) is 64.5 Å². The number of rotatable bonds is 5. The summed E-state index contributed by atoms with van der Waals surface area (Å²) in [4.78, 5) is 15.1. The molecule has 3 aromatic carbocycles. The molecule has 0 aromatic heterocycles. The third kappa shape index (κ3) is 4.27. The first-order valence-electron chi connectivity index (χ1n) is 9.15. The zero-order valence-electron chi connectivity index (χ0n) is 15.5. The van der Waals surface area contributed by atoms with Gasteiger partial charge < -0.3 is 4.90 Å². The average molecular weight is 471 g/mol. The number of fused-ring (bicyclic) bond motifs is 1. The number of nitrogens with one attached hydrogen (secondary N) is 1. The predicted molar refractivity (Wildman–Crippen MR) is 116 cm³/mol. The van der Waals surface area contributed by atoms with E-state index in [-0.39, 0.29) is 10.8 Å². The van der Waals surface area contributed by atoms with Crippen LogP contribution in [-0.2, 0) is 27.8 Å². The Labute approximate surface area is 178 Å². The van der Waals surface area contributed by atoms with Crippen molar-refractivity contribution < 1.29 is 13.2 Å². The molecule has 1 N–H and O–H groups in total. The summed E-state index contributed by atoms with van der Waals surface area (Å²) in [6, 6.07) is 22.6. The Kier molecular flexibility index (Phi) is 5.54. The predicted octanol–water partition coefficient (Wildman–Crippen LogP) is 3.89. The fourth-order valence-corrected chi connectivity index (χ4v) is 5.09. The monoisotopic (exact) mass is 470 g/mol. The summed E-state index contributed by atoms with van der Waals surface area (Å²) in [5, 5.41) is 0. The van der Waals surface area contributed by atoms with Gasteiger partial charge in [0.05, 0.1) is 11.4 Å². The Morgan fingerprint density at radius 1 is 0.966 bits per heavy atom. The van der Waals surface area contributed by atoms with Crippen LogP contribution >= 0.6 is 15.9 Å². The normalized spacial score (nSPS) is 16.5. The lowest BCUT2D eigenvalue weighted by Crippen LogP contribution is -2.52. The number of hydrogen-bond acceptors (Lipinski definition) is 3. The molecule has 29 heavy (non-hydrogen) atoms. The summed E-state index contributed by atoms with van der Waals surface area (Å²) in [7, 11) is -3.81. The minimum Gasteiger partial charge on any atom is -0.306 e. The van der Waals surface area contributed by atoms with Crippen molar-refractivity contribution in [2.24, 2.45) is 0 Å². The third-order valence-corrected chi connectivity index (χ3v) is 6.84. The molecule has 7 heteroatoms. The molecule has 4 rings (SSSR count). The molecule has 1 heterocycles. The minimum atomic E-state index is -3.81. The van der Waals surface area contributed by atoms with Gasteiger partial charge in [-0.15, -0.1) is 0 Å². The summed E-state index contributed by atoms with van der Waals surface area (Å²) in [6.07, 6.45) is 0.297. The fraction of sp³-hybridized carbons (Fsp3) is 0.136. The summed E-state index contributed by atoms with van der Waals surface area (Å²) >= 11 is 3.47. The van der Waals surface area contributed by atoms with Gasteiger partial charge in [0, 0.05) is 10.2 Å². The van der Waals surface area contributed by atoms with E-state index in [4.69, 9.17) is 0 Å². The second-order valence-electron chi connectivity index (χ2n) is 6.87. The van der Waals surface area contributed by atoms with Crippen molar-refractivity contribution in [3.05, 3.63) is 94.5 Å². The first-order valence-corrected chi connectivity index (χ1v) is 11.4. The zero-order valence-corrected chi connectivity index (χ0v) is 17.9. The molecule has 5 nitrogen and oxygen atoms in total. The van der Waals surface area contributed by atoms with Crippen molar-refractivity contribution in [3.63, 3.8) is 0 Å². The number of benzene rings is 3. The third-order valence-electron chi connectivity index (χ3n) is 4.85. The number of hydrogen-bond donors (Lipinski definition) is 1. The van der Waals surface area contributed by atoms with Gasteiger partial charge >= 0.3 is 0 Å². The van der Waals surface area contributed by atoms with Crippen molar-refractivity contribution in [2.75, 3.05) is 4.90 Å². The summed E-state index contributed by atoms with van der Waals surface area (Å²) in [5.41, 5.74) is 2.69. The highest BCUT2D eigenvalue weighted by Crippen LogP contribution is 2.32. The molecule has 1 aliphatic rings. The van der Waals surface area contributed by atoms with Gasteiger partial charge in [0.15, 0.2) is 0 Å². The van der Waals surface area contributed by atoms with Crippen molar-refractivity contribution in [2.45, 2.75) is 23.9 Å². The number of nitrogens with zero attached hydrogens (tertiary/aromatic N) is 1. The van der Waals surface area contributed by atoms with Crippen LogP contribution in [-0.4, -0.2) is 20.4 Å². The van der Waals surface area contributed by atoms with Crippen LogP contribution in [0, 0.1) is 0 Å². The standard InChI is InChI=1S/C22H19BrN2O3S/c23-18-11-12-21-17(13-18)14-20(24-29(27,28)19-9-5-2-6-10-19)22(26)25(21)15-16-7-3-1-4-8-16/h1-13,20,24H,14-15H2/t20-/m1/s1. The Bertz CT molecular complexity index is 1140. The second kappa shape index (κ2) is 8.10. The Morgan fingerprint density at radius 3 is 2.31 bits per heavy atom. The van der Waals surface area contributed by atoms with Crippen LogP contribution in [0.4, 0.5) is 5.69 Å². The van der Waals surface area contributed by atoms with E-state index in [1.54, 1.807) is 23.1 Å². The molecule has 1 aliphatic heterocycles. The van der Waals surface area contributed by atoms with Crippen molar-refractivity contribution in [1.29, 1.82) is 0 Å². The number of carbonyl (C=O) groups excluding carboxylic acids is 1. The van der Waals surface area contributed by atoms with Crippen LogP contribution in [0.1, 0.15) is 11.1 Å². The molecule has 1 atom stereocenters. The molecular weight excluding hydrogens is 452 g/mol. The maximum Gasteiger partial charge on any atom is 0.245 e. The number of halogens is 1. The lowest BCUT2D eigenvalue weighted by atomic mass is 9.97. The van der Waals surface area contributed by atoms with E-state index in [1.807, 2.05) is 48.5 Å². The van der Waals surface area contributed by atoms with E-state index >= 15 is 0 Å². The highest BCUT2D eigenvalue weighted by molar-refractivity contribution is 9.10. The van der Waals surface area contributed by atoms with E-state index in [9.17, 15) is 13.2 Å². The molecule has 0 radical (unpaired) electrons. The quantitative estimate of drug-likeness (QED) is 0.614. The van der Waals surface area contributed by atoms with Crippen molar-refractivity contribution >= 4 is 37.5 Å². The SMILES string of the molecule is O=C1[C@H](NS(=O)(=O)c2ccccc2)Cc2cc(Br)ccc2N1Cc1ccccc1. The van der Waals surface area contributed by atoms with E-state index in [0.717, 1.165) is 21.3 Å². The molecule has 0 saturated heterocycles. The van der Waals surface area contributed by atoms with Crippen LogP contribution in [0.3, 0.4) is 0 Å². The van der Waals surface area contributed by atoms with Gasteiger partial charge in [-0.05, 0) is 47.9 Å². The van der Waals surface area contributed by atoms with Crippen LogP contribution in [0.2, 0.25) is 0 Å². The van der Waals surface area contributed by atoms with Crippen LogP contribution in [0.25, 0.3) is 0 Å². The van der Waals surface area contributed by atoms with Crippen LogP contribution in [0.15, 0.2) is 88.2 Å². The maximum absolute atomic E-state index is 13.3.